The molecule has 1 aliphatic rings. The fourth-order valence-corrected chi connectivity index (χ4v) is 5.94. The SMILES string of the molecule is N#Cc1cccc(CNC2CCN(S(=O)(=O)c3ccc(Nc4nccc(Nc5ccc(F)cc5)n4)cc3)CC2)c1. The van der Waals surface area contributed by atoms with E-state index in [4.69, 9.17) is 5.26 Å². The van der Waals surface area contributed by atoms with Gasteiger partial charge in [0, 0.05) is 43.2 Å². The van der Waals surface area contributed by atoms with Crippen LogP contribution in [-0.4, -0.2) is 41.8 Å². The Bertz CT molecular complexity index is 1600. The van der Waals surface area contributed by atoms with Crippen LogP contribution in [0.2, 0.25) is 0 Å². The Kier molecular flexibility index (Phi) is 8.31. The van der Waals surface area contributed by atoms with Crippen molar-refractivity contribution in [1.82, 2.24) is 19.6 Å². The average Bonchev–Trinajstić information content (AvgIpc) is 2.98. The number of hydrogen-bond donors (Lipinski definition) is 3. The second-order valence-electron chi connectivity index (χ2n) is 9.42. The van der Waals surface area contributed by atoms with Gasteiger partial charge in [-0.3, -0.25) is 0 Å². The van der Waals surface area contributed by atoms with E-state index < -0.39 is 10.0 Å². The van der Waals surface area contributed by atoms with Crippen LogP contribution in [0, 0.1) is 17.1 Å². The van der Waals surface area contributed by atoms with Crippen LogP contribution in [0.15, 0.2) is 90.0 Å². The van der Waals surface area contributed by atoms with Crippen molar-refractivity contribution >= 4 is 33.2 Å². The molecule has 5 rings (SSSR count). The van der Waals surface area contributed by atoms with E-state index in [9.17, 15) is 12.8 Å². The van der Waals surface area contributed by atoms with Crippen LogP contribution >= 0.6 is 0 Å². The van der Waals surface area contributed by atoms with Crippen molar-refractivity contribution in [2.75, 3.05) is 23.7 Å². The zero-order valence-electron chi connectivity index (χ0n) is 21.6. The smallest absolute Gasteiger partial charge is 0.243 e. The first-order valence-corrected chi connectivity index (χ1v) is 14.3. The van der Waals surface area contributed by atoms with E-state index >= 15 is 0 Å². The third-order valence-electron chi connectivity index (χ3n) is 6.63. The monoisotopic (exact) mass is 557 g/mol. The van der Waals surface area contributed by atoms with Crippen LogP contribution in [0.25, 0.3) is 0 Å². The summed E-state index contributed by atoms with van der Waals surface area (Å²) in [6.07, 6.45) is 2.99. The third kappa shape index (κ3) is 6.79. The first-order valence-electron chi connectivity index (χ1n) is 12.8. The van der Waals surface area contributed by atoms with E-state index in [2.05, 4.69) is 32.0 Å². The van der Waals surface area contributed by atoms with E-state index in [-0.39, 0.29) is 16.8 Å². The number of nitrogens with one attached hydrogen (secondary N) is 3. The number of rotatable bonds is 9. The summed E-state index contributed by atoms with van der Waals surface area (Å²) >= 11 is 0. The van der Waals surface area contributed by atoms with Crippen molar-refractivity contribution in [3.8, 4) is 6.07 Å². The summed E-state index contributed by atoms with van der Waals surface area (Å²) in [4.78, 5) is 8.85. The molecule has 0 spiro atoms. The molecule has 1 aliphatic heterocycles. The standard InChI is InChI=1S/C29H28FN7O2S/c30-23-4-6-25(7-5-23)34-28-12-15-32-29(36-28)35-26-8-10-27(11-9-26)40(38,39)37-16-13-24(14-17-37)33-20-22-3-1-2-21(18-22)19-31/h1-12,15,18,24,33H,13-14,16-17,20H2,(H2,32,34,35,36). The maximum absolute atomic E-state index is 13.3. The Morgan fingerprint density at radius 2 is 1.65 bits per heavy atom. The van der Waals surface area contributed by atoms with Crippen LogP contribution in [0.1, 0.15) is 24.0 Å². The van der Waals surface area contributed by atoms with Crippen molar-refractivity contribution in [3.63, 3.8) is 0 Å². The second kappa shape index (κ2) is 12.2. The normalized spacial score (nSPS) is 14.4. The summed E-state index contributed by atoms with van der Waals surface area (Å²) in [5.74, 6) is 0.534. The number of nitriles is 1. The molecule has 0 unspecified atom stereocenters. The predicted octanol–water partition coefficient (Wildman–Crippen LogP) is 4.92. The minimum Gasteiger partial charge on any atom is -0.340 e. The van der Waals surface area contributed by atoms with Crippen LogP contribution in [0.4, 0.5) is 27.5 Å². The molecule has 0 aliphatic carbocycles. The zero-order chi connectivity index (χ0) is 28.0. The van der Waals surface area contributed by atoms with Crippen molar-refractivity contribution in [1.29, 1.82) is 5.26 Å². The lowest BCUT2D eigenvalue weighted by Crippen LogP contribution is -2.44. The number of aromatic nitrogens is 2. The Hall–Kier alpha value is -4.37. The first-order chi connectivity index (χ1) is 19.4. The van der Waals surface area contributed by atoms with E-state index in [1.165, 1.54) is 16.4 Å². The molecule has 0 bridgehead atoms. The maximum Gasteiger partial charge on any atom is 0.243 e. The highest BCUT2D eigenvalue weighted by Crippen LogP contribution is 2.24. The summed E-state index contributed by atoms with van der Waals surface area (Å²) in [7, 11) is -3.62. The number of piperidine rings is 1. The average molecular weight is 558 g/mol. The molecule has 11 heteroatoms. The van der Waals surface area contributed by atoms with Crippen LogP contribution in [0.3, 0.4) is 0 Å². The van der Waals surface area contributed by atoms with Gasteiger partial charge < -0.3 is 16.0 Å². The van der Waals surface area contributed by atoms with Gasteiger partial charge in [-0.1, -0.05) is 12.1 Å². The lowest BCUT2D eigenvalue weighted by molar-refractivity contribution is 0.288. The van der Waals surface area contributed by atoms with Crippen molar-refractivity contribution in [2.24, 2.45) is 0 Å². The summed E-state index contributed by atoms with van der Waals surface area (Å²) in [6.45, 7) is 1.50. The largest absolute Gasteiger partial charge is 0.340 e. The molecule has 3 aromatic carbocycles. The Balaban J connectivity index is 1.15. The Labute approximate surface area is 232 Å². The maximum atomic E-state index is 13.3. The number of hydrogen-bond acceptors (Lipinski definition) is 8. The lowest BCUT2D eigenvalue weighted by atomic mass is 10.1. The summed E-state index contributed by atoms with van der Waals surface area (Å²) < 4.78 is 41.2. The zero-order valence-corrected chi connectivity index (χ0v) is 22.4. The topological polar surface area (TPSA) is 123 Å². The minimum absolute atomic E-state index is 0.206. The van der Waals surface area contributed by atoms with Gasteiger partial charge in [0.25, 0.3) is 0 Å². The van der Waals surface area contributed by atoms with Gasteiger partial charge in [-0.05, 0) is 85.1 Å². The van der Waals surface area contributed by atoms with Gasteiger partial charge in [0.15, 0.2) is 0 Å². The number of sulfonamides is 1. The van der Waals surface area contributed by atoms with E-state index in [1.54, 1.807) is 54.7 Å². The van der Waals surface area contributed by atoms with Gasteiger partial charge in [0.1, 0.15) is 11.6 Å². The number of nitrogens with zero attached hydrogens (tertiary/aromatic N) is 4. The van der Waals surface area contributed by atoms with Crippen molar-refractivity contribution < 1.29 is 12.8 Å². The van der Waals surface area contributed by atoms with Gasteiger partial charge in [0.2, 0.25) is 16.0 Å². The van der Waals surface area contributed by atoms with Gasteiger partial charge in [-0.15, -0.1) is 0 Å². The predicted molar refractivity (Wildman–Crippen MR) is 151 cm³/mol. The number of halogens is 1. The van der Waals surface area contributed by atoms with Gasteiger partial charge in [0.05, 0.1) is 16.5 Å². The molecule has 9 nitrogen and oxygen atoms in total. The highest BCUT2D eigenvalue weighted by molar-refractivity contribution is 7.89. The van der Waals surface area contributed by atoms with Crippen molar-refractivity contribution in [3.05, 3.63) is 102 Å². The molecule has 40 heavy (non-hydrogen) atoms. The molecular formula is C29H28FN7O2S. The molecule has 2 heterocycles. The molecule has 1 aromatic heterocycles. The highest BCUT2D eigenvalue weighted by atomic mass is 32.2. The quantitative estimate of drug-likeness (QED) is 0.265. The third-order valence-corrected chi connectivity index (χ3v) is 8.54. The fraction of sp³-hybridized carbons (Fsp3) is 0.207. The van der Waals surface area contributed by atoms with Gasteiger partial charge in [-0.2, -0.15) is 14.6 Å². The molecule has 1 saturated heterocycles. The minimum atomic E-state index is -3.62. The lowest BCUT2D eigenvalue weighted by Gasteiger charge is -2.31. The molecule has 0 amide bonds. The Morgan fingerprint density at radius 1 is 0.950 bits per heavy atom. The number of anilines is 4. The molecule has 1 fully saturated rings. The number of benzene rings is 3. The van der Waals surface area contributed by atoms with E-state index in [0.29, 0.717) is 61.2 Å². The molecule has 3 N–H and O–H groups in total. The molecule has 4 aromatic rings. The molecule has 0 atom stereocenters. The van der Waals surface area contributed by atoms with Crippen LogP contribution < -0.4 is 16.0 Å². The van der Waals surface area contributed by atoms with Crippen molar-refractivity contribution in [2.45, 2.75) is 30.3 Å². The molecule has 0 radical (unpaired) electrons. The highest BCUT2D eigenvalue weighted by Gasteiger charge is 2.29. The molecule has 0 saturated carbocycles. The van der Waals surface area contributed by atoms with Gasteiger partial charge >= 0.3 is 0 Å². The first kappa shape index (κ1) is 27.2. The Morgan fingerprint density at radius 3 is 2.38 bits per heavy atom. The van der Waals surface area contributed by atoms with Gasteiger partial charge in [-0.25, -0.2) is 17.8 Å². The van der Waals surface area contributed by atoms with E-state index in [0.717, 1.165) is 5.56 Å². The summed E-state index contributed by atoms with van der Waals surface area (Å²) in [5.41, 5.74) is 2.98. The molecular weight excluding hydrogens is 529 g/mol. The fourth-order valence-electron chi connectivity index (χ4n) is 4.47. The second-order valence-corrected chi connectivity index (χ2v) is 11.4. The van der Waals surface area contributed by atoms with Crippen LogP contribution in [0.5, 0.6) is 0 Å². The summed E-state index contributed by atoms with van der Waals surface area (Å²) in [5, 5.41) is 18.7. The summed E-state index contributed by atoms with van der Waals surface area (Å²) in [6, 6.07) is 24.0. The molecule has 204 valence electrons. The van der Waals surface area contributed by atoms with E-state index in [1.807, 2.05) is 18.2 Å². The van der Waals surface area contributed by atoms with Crippen LogP contribution in [-0.2, 0) is 16.6 Å².